The molecule has 5 nitrogen and oxygen atoms in total. The summed E-state index contributed by atoms with van der Waals surface area (Å²) in [5, 5.41) is 11.8. The number of nitriles is 1. The Kier molecular flexibility index (Phi) is 4.11. The van der Waals surface area contributed by atoms with Gasteiger partial charge in [0.1, 0.15) is 0 Å². The van der Waals surface area contributed by atoms with E-state index in [9.17, 15) is 4.79 Å². The van der Waals surface area contributed by atoms with Gasteiger partial charge in [0.25, 0.3) is 0 Å². The topological polar surface area (TPSA) is 65.4 Å². The Morgan fingerprint density at radius 2 is 2.30 bits per heavy atom. The molecule has 2 saturated carbocycles. The SMILES string of the molecule is N#CC1CN(C(=O)NCCC2CC3CCC2C3)CCO1. The molecular formula is C15H23N3O2. The van der Waals surface area contributed by atoms with E-state index in [2.05, 4.69) is 11.4 Å². The Hall–Kier alpha value is -1.28. The number of fused-ring (bicyclic) bond motifs is 2. The van der Waals surface area contributed by atoms with Crippen LogP contribution in [0.3, 0.4) is 0 Å². The van der Waals surface area contributed by atoms with Gasteiger partial charge in [-0.3, -0.25) is 0 Å². The summed E-state index contributed by atoms with van der Waals surface area (Å²) in [7, 11) is 0. The number of amides is 2. The average molecular weight is 277 g/mol. The Balaban J connectivity index is 1.38. The highest BCUT2D eigenvalue weighted by Crippen LogP contribution is 2.49. The number of rotatable bonds is 3. The van der Waals surface area contributed by atoms with Gasteiger partial charge in [-0.1, -0.05) is 6.42 Å². The Morgan fingerprint density at radius 1 is 1.40 bits per heavy atom. The van der Waals surface area contributed by atoms with E-state index in [-0.39, 0.29) is 6.03 Å². The number of nitrogens with one attached hydrogen (secondary N) is 1. The van der Waals surface area contributed by atoms with E-state index in [4.69, 9.17) is 10.00 Å². The molecular weight excluding hydrogens is 254 g/mol. The van der Waals surface area contributed by atoms with Crippen molar-refractivity contribution in [2.45, 2.75) is 38.2 Å². The third-order valence-corrected chi connectivity index (χ3v) is 5.17. The van der Waals surface area contributed by atoms with Crippen molar-refractivity contribution in [1.29, 1.82) is 5.26 Å². The van der Waals surface area contributed by atoms with Gasteiger partial charge in [0, 0.05) is 13.1 Å². The molecule has 0 aromatic heterocycles. The fraction of sp³-hybridized carbons (Fsp3) is 0.867. The van der Waals surface area contributed by atoms with Crippen molar-refractivity contribution < 1.29 is 9.53 Å². The lowest BCUT2D eigenvalue weighted by atomic mass is 9.86. The van der Waals surface area contributed by atoms with Crippen LogP contribution in [0, 0.1) is 29.1 Å². The van der Waals surface area contributed by atoms with Crippen molar-refractivity contribution in [3.63, 3.8) is 0 Å². The fourth-order valence-electron chi connectivity index (χ4n) is 4.12. The summed E-state index contributed by atoms with van der Waals surface area (Å²) >= 11 is 0. The fourth-order valence-corrected chi connectivity index (χ4v) is 4.12. The van der Waals surface area contributed by atoms with E-state index in [0.717, 1.165) is 30.7 Å². The first-order valence-corrected chi connectivity index (χ1v) is 7.80. The smallest absolute Gasteiger partial charge is 0.317 e. The molecule has 0 aromatic carbocycles. The highest BCUT2D eigenvalue weighted by Gasteiger charge is 2.38. The van der Waals surface area contributed by atoms with Crippen LogP contribution in [0.1, 0.15) is 32.1 Å². The first-order valence-electron chi connectivity index (χ1n) is 7.80. The first kappa shape index (κ1) is 13.7. The predicted molar refractivity (Wildman–Crippen MR) is 73.9 cm³/mol. The number of morpholine rings is 1. The molecule has 1 heterocycles. The molecule has 2 amide bonds. The standard InChI is InChI=1S/C15H23N3O2/c16-9-14-10-18(5-6-20-14)15(19)17-4-3-13-8-11-1-2-12(13)7-11/h11-14H,1-8,10H2,(H,17,19). The molecule has 0 radical (unpaired) electrons. The third-order valence-electron chi connectivity index (χ3n) is 5.17. The van der Waals surface area contributed by atoms with Crippen LogP contribution in [0.2, 0.25) is 0 Å². The molecule has 1 aliphatic heterocycles. The lowest BCUT2D eigenvalue weighted by Gasteiger charge is -2.30. The molecule has 4 atom stereocenters. The zero-order valence-electron chi connectivity index (χ0n) is 11.9. The van der Waals surface area contributed by atoms with Crippen molar-refractivity contribution >= 4 is 6.03 Å². The number of hydrogen-bond acceptors (Lipinski definition) is 3. The average Bonchev–Trinajstić information content (AvgIpc) is 3.10. The number of nitrogens with zero attached hydrogens (tertiary/aromatic N) is 2. The Bertz CT molecular complexity index is 406. The molecule has 1 N–H and O–H groups in total. The zero-order chi connectivity index (χ0) is 13.9. The van der Waals surface area contributed by atoms with Crippen LogP contribution < -0.4 is 5.32 Å². The summed E-state index contributed by atoms with van der Waals surface area (Å²) in [4.78, 5) is 13.7. The van der Waals surface area contributed by atoms with Crippen molar-refractivity contribution in [2.75, 3.05) is 26.2 Å². The van der Waals surface area contributed by atoms with E-state index in [1.54, 1.807) is 4.90 Å². The number of carbonyl (C=O) groups excluding carboxylic acids is 1. The number of ether oxygens (including phenoxy) is 1. The molecule has 5 heteroatoms. The normalized spacial score (nSPS) is 35.9. The highest BCUT2D eigenvalue weighted by molar-refractivity contribution is 5.74. The molecule has 3 aliphatic rings. The molecule has 2 bridgehead atoms. The Labute approximate surface area is 120 Å². The first-order chi connectivity index (χ1) is 9.76. The summed E-state index contributed by atoms with van der Waals surface area (Å²) in [6, 6.07) is 2.02. The minimum absolute atomic E-state index is 0.0447. The van der Waals surface area contributed by atoms with Gasteiger partial charge >= 0.3 is 6.03 Å². The van der Waals surface area contributed by atoms with Crippen LogP contribution in [0.15, 0.2) is 0 Å². The van der Waals surface area contributed by atoms with E-state index < -0.39 is 6.10 Å². The van der Waals surface area contributed by atoms with Gasteiger partial charge < -0.3 is 15.0 Å². The molecule has 1 saturated heterocycles. The van der Waals surface area contributed by atoms with E-state index in [0.29, 0.717) is 19.7 Å². The maximum absolute atomic E-state index is 12.0. The van der Waals surface area contributed by atoms with E-state index >= 15 is 0 Å². The number of hydrogen-bond donors (Lipinski definition) is 1. The predicted octanol–water partition coefficient (Wildman–Crippen LogP) is 1.75. The zero-order valence-corrected chi connectivity index (χ0v) is 11.9. The molecule has 0 spiro atoms. The van der Waals surface area contributed by atoms with Crippen LogP contribution in [0.4, 0.5) is 4.79 Å². The van der Waals surface area contributed by atoms with Gasteiger partial charge in [0.15, 0.2) is 6.10 Å². The summed E-state index contributed by atoms with van der Waals surface area (Å²) in [5.74, 6) is 2.71. The largest absolute Gasteiger partial charge is 0.360 e. The summed E-state index contributed by atoms with van der Waals surface area (Å²) in [5.41, 5.74) is 0. The molecule has 0 aromatic rings. The van der Waals surface area contributed by atoms with Crippen molar-refractivity contribution in [1.82, 2.24) is 10.2 Å². The molecule has 4 unspecified atom stereocenters. The molecule has 20 heavy (non-hydrogen) atoms. The summed E-state index contributed by atoms with van der Waals surface area (Å²) < 4.78 is 5.24. The number of urea groups is 1. The highest BCUT2D eigenvalue weighted by atomic mass is 16.5. The monoisotopic (exact) mass is 277 g/mol. The molecule has 3 rings (SSSR count). The van der Waals surface area contributed by atoms with Gasteiger partial charge in [0.2, 0.25) is 0 Å². The lowest BCUT2D eigenvalue weighted by Crippen LogP contribution is -2.49. The van der Waals surface area contributed by atoms with Crippen molar-refractivity contribution in [2.24, 2.45) is 17.8 Å². The van der Waals surface area contributed by atoms with Crippen LogP contribution in [0.25, 0.3) is 0 Å². The molecule has 2 aliphatic carbocycles. The minimum atomic E-state index is -0.472. The van der Waals surface area contributed by atoms with Crippen LogP contribution >= 0.6 is 0 Å². The third kappa shape index (κ3) is 2.90. The minimum Gasteiger partial charge on any atom is -0.360 e. The van der Waals surface area contributed by atoms with Gasteiger partial charge in [-0.05, 0) is 43.4 Å². The van der Waals surface area contributed by atoms with Gasteiger partial charge in [-0.15, -0.1) is 0 Å². The number of carbonyl (C=O) groups is 1. The van der Waals surface area contributed by atoms with Gasteiger partial charge in [0.05, 0.1) is 19.2 Å². The molecule has 110 valence electrons. The molecule has 3 fully saturated rings. The quantitative estimate of drug-likeness (QED) is 0.854. The summed E-state index contributed by atoms with van der Waals surface area (Å²) in [6.07, 6.45) is 6.26. The van der Waals surface area contributed by atoms with Crippen LogP contribution in [-0.4, -0.2) is 43.3 Å². The van der Waals surface area contributed by atoms with E-state index in [1.165, 1.54) is 25.7 Å². The second-order valence-corrected chi connectivity index (χ2v) is 6.39. The van der Waals surface area contributed by atoms with E-state index in [1.807, 2.05) is 0 Å². The maximum atomic E-state index is 12.0. The summed E-state index contributed by atoms with van der Waals surface area (Å²) in [6.45, 7) is 2.19. The van der Waals surface area contributed by atoms with Gasteiger partial charge in [-0.2, -0.15) is 5.26 Å². The second kappa shape index (κ2) is 6.01. The lowest BCUT2D eigenvalue weighted by molar-refractivity contribution is 0.0157. The van der Waals surface area contributed by atoms with Crippen molar-refractivity contribution in [3.8, 4) is 6.07 Å². The maximum Gasteiger partial charge on any atom is 0.317 e. The van der Waals surface area contributed by atoms with Crippen LogP contribution in [0.5, 0.6) is 0 Å². The van der Waals surface area contributed by atoms with Crippen molar-refractivity contribution in [3.05, 3.63) is 0 Å². The second-order valence-electron chi connectivity index (χ2n) is 6.39. The van der Waals surface area contributed by atoms with Gasteiger partial charge in [-0.25, -0.2) is 4.79 Å². The van der Waals surface area contributed by atoms with Crippen LogP contribution in [-0.2, 0) is 4.74 Å². The Morgan fingerprint density at radius 3 is 3.00 bits per heavy atom.